The lowest BCUT2D eigenvalue weighted by molar-refractivity contribution is -0.192. The first-order valence-corrected chi connectivity index (χ1v) is 11.8. The van der Waals surface area contributed by atoms with E-state index >= 15 is 0 Å². The minimum Gasteiger partial charge on any atom is -0.475 e. The van der Waals surface area contributed by atoms with Crippen molar-refractivity contribution < 1.29 is 37.5 Å². The number of benzene rings is 1. The summed E-state index contributed by atoms with van der Waals surface area (Å²) in [6.45, 7) is 2.07. The molecule has 3 amide bonds. The third-order valence-corrected chi connectivity index (χ3v) is 4.92. The molecule has 0 unspecified atom stereocenters. The van der Waals surface area contributed by atoms with Gasteiger partial charge in [0.05, 0.1) is 0 Å². The molecule has 0 bridgehead atoms. The zero-order valence-electron chi connectivity index (χ0n) is 21.5. The lowest BCUT2D eigenvalue weighted by Gasteiger charge is -2.24. The monoisotopic (exact) mass is 572 g/mol. The quantitative estimate of drug-likeness (QED) is 0.0910. The second-order valence-corrected chi connectivity index (χ2v) is 8.03. The lowest BCUT2D eigenvalue weighted by atomic mass is 10.0. The highest BCUT2D eigenvalue weighted by Crippen LogP contribution is 2.13. The summed E-state index contributed by atoms with van der Waals surface area (Å²) in [6.07, 6.45) is -3.28. The van der Waals surface area contributed by atoms with Gasteiger partial charge < -0.3 is 26.8 Å². The molecule has 6 N–H and O–H groups in total. The molecule has 0 heterocycles. The predicted octanol–water partition coefficient (Wildman–Crippen LogP) is 2.09. The van der Waals surface area contributed by atoms with E-state index in [0.717, 1.165) is 5.56 Å². The van der Waals surface area contributed by atoms with Crippen molar-refractivity contribution in [1.82, 2.24) is 16.0 Å². The molecule has 0 aliphatic rings. The maximum atomic E-state index is 13.1. The Kier molecular flexibility index (Phi) is 17.3. The van der Waals surface area contributed by atoms with Crippen LogP contribution in [0.2, 0.25) is 0 Å². The van der Waals surface area contributed by atoms with Crippen molar-refractivity contribution in [2.24, 2.45) is 16.0 Å². The van der Waals surface area contributed by atoms with Crippen LogP contribution in [-0.2, 0) is 25.6 Å². The van der Waals surface area contributed by atoms with Crippen LogP contribution in [0.1, 0.15) is 31.7 Å². The van der Waals surface area contributed by atoms with Gasteiger partial charge >= 0.3 is 12.1 Å². The van der Waals surface area contributed by atoms with E-state index in [4.69, 9.17) is 26.7 Å². The van der Waals surface area contributed by atoms with Gasteiger partial charge in [0.1, 0.15) is 18.1 Å². The predicted molar refractivity (Wildman–Crippen MR) is 136 cm³/mol. The van der Waals surface area contributed by atoms with Gasteiger partial charge in [-0.3, -0.25) is 14.4 Å². The van der Waals surface area contributed by atoms with Crippen molar-refractivity contribution in [2.75, 3.05) is 19.6 Å². The van der Waals surface area contributed by atoms with Crippen molar-refractivity contribution >= 4 is 23.7 Å². The van der Waals surface area contributed by atoms with E-state index in [2.05, 4.69) is 36.0 Å². The highest BCUT2D eigenvalue weighted by molar-refractivity contribution is 5.93. The topological polar surface area (TPSA) is 248 Å². The van der Waals surface area contributed by atoms with E-state index in [1.54, 1.807) is 0 Å². The molecule has 0 aliphatic heterocycles. The number of unbranched alkanes of at least 4 members (excludes halogenated alkanes) is 1. The van der Waals surface area contributed by atoms with E-state index in [1.165, 1.54) is 6.92 Å². The molecule has 3 atom stereocenters. The zero-order valence-corrected chi connectivity index (χ0v) is 21.5. The smallest absolute Gasteiger partial charge is 0.475 e. The first kappa shape index (κ1) is 35.5. The summed E-state index contributed by atoms with van der Waals surface area (Å²) < 4.78 is 31.7. The van der Waals surface area contributed by atoms with Crippen LogP contribution in [0.15, 0.2) is 40.6 Å². The van der Waals surface area contributed by atoms with Gasteiger partial charge in [0.25, 0.3) is 0 Å². The standard InChI is InChI=1S/C20H30N10O3.C2HF3O2/c1-14(28-30-23)18(31)27-17(13-15-7-3-2-4-8-15)20(33)26-16(9-5-6-10-21)19(32)24-11-12-25-29-22;3-2(4,5)1(6)7/h2-4,7-8,14,16-17H,5-6,9-13,21H2,1H3,(H,24,32)(H,26,33)(H,27,31);(H,6,7)/t14-,16+,17+;/m0./s1. The lowest BCUT2D eigenvalue weighted by Crippen LogP contribution is -2.55. The molecule has 0 saturated carbocycles. The highest BCUT2D eigenvalue weighted by atomic mass is 19.4. The van der Waals surface area contributed by atoms with Gasteiger partial charge in [-0.15, -0.1) is 0 Å². The maximum Gasteiger partial charge on any atom is 0.490 e. The molecule has 0 radical (unpaired) electrons. The number of rotatable bonds is 15. The number of carbonyl (C=O) groups is 4. The Morgan fingerprint density at radius 3 is 2.12 bits per heavy atom. The number of nitrogens with zero attached hydrogens (tertiary/aromatic N) is 6. The summed E-state index contributed by atoms with van der Waals surface area (Å²) in [5.74, 6) is -4.35. The third kappa shape index (κ3) is 15.7. The highest BCUT2D eigenvalue weighted by Gasteiger charge is 2.38. The number of halogens is 3. The van der Waals surface area contributed by atoms with E-state index in [0.29, 0.717) is 25.8 Å². The van der Waals surface area contributed by atoms with Crippen LogP contribution < -0.4 is 21.7 Å². The van der Waals surface area contributed by atoms with Crippen LogP contribution in [0.4, 0.5) is 13.2 Å². The Balaban J connectivity index is 0.00000191. The fourth-order valence-electron chi connectivity index (χ4n) is 2.91. The first-order valence-electron chi connectivity index (χ1n) is 11.8. The molecule has 220 valence electrons. The fraction of sp³-hybridized carbons (Fsp3) is 0.545. The Morgan fingerprint density at radius 1 is 1.00 bits per heavy atom. The van der Waals surface area contributed by atoms with Gasteiger partial charge in [0.2, 0.25) is 17.7 Å². The summed E-state index contributed by atoms with van der Waals surface area (Å²) >= 11 is 0. The van der Waals surface area contributed by atoms with Crippen molar-refractivity contribution in [3.63, 3.8) is 0 Å². The number of carboxylic acid groups (broad SMARTS) is 1. The van der Waals surface area contributed by atoms with Crippen LogP contribution in [0.3, 0.4) is 0 Å². The van der Waals surface area contributed by atoms with Crippen LogP contribution in [0.25, 0.3) is 20.9 Å². The van der Waals surface area contributed by atoms with Crippen molar-refractivity contribution in [2.45, 2.75) is 56.9 Å². The van der Waals surface area contributed by atoms with Gasteiger partial charge in [0.15, 0.2) is 0 Å². The average Bonchev–Trinajstić information content (AvgIpc) is 2.90. The first-order chi connectivity index (χ1) is 18.9. The molecular weight excluding hydrogens is 541 g/mol. The van der Waals surface area contributed by atoms with Crippen molar-refractivity contribution in [3.05, 3.63) is 56.8 Å². The summed E-state index contributed by atoms with van der Waals surface area (Å²) in [4.78, 5) is 52.2. The largest absolute Gasteiger partial charge is 0.490 e. The number of nitrogens with one attached hydrogen (secondary N) is 3. The molecule has 0 spiro atoms. The summed E-state index contributed by atoms with van der Waals surface area (Å²) in [5, 5.41) is 21.8. The van der Waals surface area contributed by atoms with Crippen molar-refractivity contribution in [3.8, 4) is 0 Å². The van der Waals surface area contributed by atoms with Crippen LogP contribution in [0.5, 0.6) is 0 Å². The van der Waals surface area contributed by atoms with Gasteiger partial charge in [0, 0.05) is 29.3 Å². The number of carboxylic acids is 1. The number of hydrogen-bond donors (Lipinski definition) is 5. The number of amides is 3. The van der Waals surface area contributed by atoms with Gasteiger partial charge in [-0.05, 0) is 49.4 Å². The van der Waals surface area contributed by atoms with Gasteiger partial charge in [-0.2, -0.15) is 13.2 Å². The molecule has 18 heteroatoms. The zero-order chi connectivity index (χ0) is 30.6. The molecule has 40 heavy (non-hydrogen) atoms. The summed E-state index contributed by atoms with van der Waals surface area (Å²) in [6, 6.07) is 6.20. The minimum atomic E-state index is -5.08. The molecule has 1 rings (SSSR count). The molecular formula is C22H31F3N10O5. The molecule has 0 fully saturated rings. The second-order valence-electron chi connectivity index (χ2n) is 8.03. The van der Waals surface area contributed by atoms with Crippen LogP contribution >= 0.6 is 0 Å². The van der Waals surface area contributed by atoms with E-state index in [1.807, 2.05) is 30.3 Å². The SMILES string of the molecule is C[C@H](N=[N+]=[N-])C(=O)N[C@H](Cc1ccccc1)C(=O)N[C@H](CCCCN)C(=O)NCCN=[N+]=[N-].O=C(O)C(F)(F)F. The fourth-order valence-corrected chi connectivity index (χ4v) is 2.91. The number of azide groups is 2. The van der Waals surface area contributed by atoms with Crippen LogP contribution in [0, 0.1) is 0 Å². The Hall–Kier alpha value is -4.53. The minimum absolute atomic E-state index is 0.0791. The third-order valence-electron chi connectivity index (χ3n) is 4.92. The Bertz CT molecular complexity index is 1060. The normalized spacial score (nSPS) is 12.5. The number of carbonyl (C=O) groups excluding carboxylic acids is 3. The second kappa shape index (κ2) is 19.5. The Labute approximate surface area is 226 Å². The van der Waals surface area contributed by atoms with Gasteiger partial charge in [-0.1, -0.05) is 40.6 Å². The Morgan fingerprint density at radius 2 is 1.60 bits per heavy atom. The molecule has 0 aromatic heterocycles. The molecule has 0 saturated heterocycles. The van der Waals surface area contributed by atoms with E-state index in [9.17, 15) is 27.6 Å². The van der Waals surface area contributed by atoms with Crippen molar-refractivity contribution in [1.29, 1.82) is 0 Å². The van der Waals surface area contributed by atoms with Crippen LogP contribution in [-0.4, -0.2) is 72.7 Å². The van der Waals surface area contributed by atoms with E-state index < -0.39 is 48.0 Å². The molecule has 1 aromatic carbocycles. The summed E-state index contributed by atoms with van der Waals surface area (Å²) in [7, 11) is 0. The summed E-state index contributed by atoms with van der Waals surface area (Å²) in [5.41, 5.74) is 23.2. The molecule has 15 nitrogen and oxygen atoms in total. The average molecular weight is 573 g/mol. The maximum absolute atomic E-state index is 13.1. The number of nitrogens with two attached hydrogens (primary N) is 1. The molecule has 1 aromatic rings. The van der Waals surface area contributed by atoms with Gasteiger partial charge in [-0.25, -0.2) is 4.79 Å². The molecule has 0 aliphatic carbocycles. The number of alkyl halides is 3. The number of aliphatic carboxylic acids is 1. The van der Waals surface area contributed by atoms with E-state index in [-0.39, 0.29) is 19.5 Å². The number of hydrogen-bond acceptors (Lipinski definition) is 7.